The number of carbonyl (C=O) groups is 1. The van der Waals surface area contributed by atoms with E-state index in [1.807, 2.05) is 94.2 Å². The van der Waals surface area contributed by atoms with Gasteiger partial charge in [0.05, 0.1) is 5.92 Å². The summed E-state index contributed by atoms with van der Waals surface area (Å²) in [4.78, 5) is 11.6. The molecule has 0 aromatic heterocycles. The molecular weight excluding hydrogens is 300 g/mol. The van der Waals surface area contributed by atoms with Crippen LogP contribution in [-0.2, 0) is 21.9 Å². The number of ketones is 1. The molecule has 0 spiro atoms. The maximum Gasteiger partial charge on any atom is 2.00 e. The van der Waals surface area contributed by atoms with Crippen LogP contribution in [0, 0.1) is 63.7 Å². The van der Waals surface area contributed by atoms with Crippen LogP contribution in [0.3, 0.4) is 0 Å². The van der Waals surface area contributed by atoms with Crippen molar-refractivity contribution in [3.63, 3.8) is 0 Å². The van der Waals surface area contributed by atoms with Crippen molar-refractivity contribution in [1.82, 2.24) is 0 Å². The van der Waals surface area contributed by atoms with Crippen molar-refractivity contribution in [3.05, 3.63) is 106 Å². The van der Waals surface area contributed by atoms with E-state index < -0.39 is 0 Å². The molecule has 2 aliphatic carbocycles. The van der Waals surface area contributed by atoms with Crippen molar-refractivity contribution in [2.45, 2.75) is 0 Å². The smallest absolute Gasteiger partial charge is 0.294 e. The number of rotatable bonds is 3. The summed E-state index contributed by atoms with van der Waals surface area (Å²) in [5.41, 5.74) is 1.04. The normalized spacial score (nSPS) is 18.1. The number of benzene rings is 1. The minimum Gasteiger partial charge on any atom is -0.294 e. The maximum absolute atomic E-state index is 11.6. The van der Waals surface area contributed by atoms with Gasteiger partial charge in [0.2, 0.25) is 0 Å². The second-order valence-corrected chi connectivity index (χ2v) is 4.24. The van der Waals surface area contributed by atoms with Crippen LogP contribution in [0.2, 0.25) is 0 Å². The third-order valence-electron chi connectivity index (χ3n) is 2.73. The Balaban J connectivity index is 0.000000313. The van der Waals surface area contributed by atoms with Crippen LogP contribution in [0.15, 0.2) is 36.4 Å². The van der Waals surface area contributed by atoms with Crippen LogP contribution >= 0.6 is 0 Å². The van der Waals surface area contributed by atoms with Crippen LogP contribution in [0.25, 0.3) is 6.08 Å². The van der Waals surface area contributed by atoms with E-state index in [9.17, 15) is 4.79 Å². The molecule has 0 saturated heterocycles. The monoisotopic (exact) mass is 316 g/mol. The molecule has 1 aromatic rings. The van der Waals surface area contributed by atoms with Gasteiger partial charge in [-0.15, -0.1) is 0 Å². The van der Waals surface area contributed by atoms with Crippen LogP contribution in [0.5, 0.6) is 0 Å². The van der Waals surface area contributed by atoms with Crippen molar-refractivity contribution in [3.8, 4) is 0 Å². The van der Waals surface area contributed by atoms with Gasteiger partial charge < -0.3 is 0 Å². The molecule has 0 heterocycles. The first-order valence-electron chi connectivity index (χ1n) is 6.52. The summed E-state index contributed by atoms with van der Waals surface area (Å²) in [6.45, 7) is 0. The molecule has 0 atom stereocenters. The van der Waals surface area contributed by atoms with Gasteiger partial charge in [-0.25, -0.2) is 0 Å². The summed E-state index contributed by atoms with van der Waals surface area (Å²) in [5.74, 6) is 0.783. The Labute approximate surface area is 139 Å². The van der Waals surface area contributed by atoms with Crippen molar-refractivity contribution in [2.24, 2.45) is 0 Å². The quantitative estimate of drug-likeness (QED) is 0.614. The zero-order valence-corrected chi connectivity index (χ0v) is 12.6. The molecule has 1 aromatic carbocycles. The van der Waals surface area contributed by atoms with Gasteiger partial charge in [-0.05, 0) is 69.4 Å². The largest absolute Gasteiger partial charge is 2.00 e. The van der Waals surface area contributed by atoms with Crippen molar-refractivity contribution in [1.29, 1.82) is 0 Å². The summed E-state index contributed by atoms with van der Waals surface area (Å²) in [5, 5.41) is 0. The molecule has 0 N–H and O–H groups in total. The van der Waals surface area contributed by atoms with E-state index in [2.05, 4.69) is 0 Å². The minimum absolute atomic E-state index is 0. The Bertz CT molecular complexity index is 407. The molecule has 0 unspecified atom stereocenters. The van der Waals surface area contributed by atoms with Gasteiger partial charge in [0.1, 0.15) is 0 Å². The third kappa shape index (κ3) is 7.11. The fraction of sp³-hybridized carbons (Fsp3) is 0. The van der Waals surface area contributed by atoms with Crippen LogP contribution in [0.4, 0.5) is 0 Å². The molecule has 104 valence electrons. The van der Waals surface area contributed by atoms with Crippen LogP contribution < -0.4 is 0 Å². The second kappa shape index (κ2) is 10.8. The predicted molar refractivity (Wildman–Crippen MR) is 82.4 cm³/mol. The van der Waals surface area contributed by atoms with Gasteiger partial charge in [-0.3, -0.25) is 4.79 Å². The van der Waals surface area contributed by atoms with Crippen molar-refractivity contribution >= 4 is 11.9 Å². The molecule has 21 heavy (non-hydrogen) atoms. The Morgan fingerprint density at radius 1 is 0.762 bits per heavy atom. The first-order chi connectivity index (χ1) is 9.86. The molecule has 0 bridgehead atoms. The number of hydrogen-bond acceptors (Lipinski definition) is 1. The summed E-state index contributed by atoms with van der Waals surface area (Å²) in [6, 6.07) is 9.79. The van der Waals surface area contributed by atoms with Gasteiger partial charge in [0.15, 0.2) is 5.78 Å². The zero-order valence-electron chi connectivity index (χ0n) is 11.5. The van der Waals surface area contributed by atoms with Gasteiger partial charge in [0.25, 0.3) is 0 Å². The summed E-state index contributed by atoms with van der Waals surface area (Å²) >= 11 is 0. The molecule has 0 amide bonds. The molecule has 10 radical (unpaired) electrons. The van der Waals surface area contributed by atoms with Crippen molar-refractivity contribution in [2.75, 3.05) is 0 Å². The molecule has 0 aliphatic heterocycles. The Morgan fingerprint density at radius 2 is 1.29 bits per heavy atom. The fourth-order valence-electron chi connectivity index (χ4n) is 1.69. The first kappa shape index (κ1) is 18.2. The van der Waals surface area contributed by atoms with Crippen molar-refractivity contribution < 1.29 is 21.9 Å². The minimum atomic E-state index is 0. The fourth-order valence-corrected chi connectivity index (χ4v) is 1.69. The average Bonchev–Trinajstić information content (AvgIpc) is 3.20. The molecule has 2 fully saturated rings. The van der Waals surface area contributed by atoms with Crippen LogP contribution in [0.1, 0.15) is 5.56 Å². The molecule has 3 rings (SSSR count). The average molecular weight is 316 g/mol. The summed E-state index contributed by atoms with van der Waals surface area (Å²) < 4.78 is 0. The predicted octanol–water partition coefficient (Wildman–Crippen LogP) is 3.69. The van der Waals surface area contributed by atoms with Gasteiger partial charge in [0, 0.05) is 0 Å². The maximum atomic E-state index is 11.6. The van der Waals surface area contributed by atoms with E-state index >= 15 is 0 Å². The van der Waals surface area contributed by atoms with E-state index in [1.54, 1.807) is 6.08 Å². The van der Waals surface area contributed by atoms with Gasteiger partial charge in [-0.2, -0.15) is 0 Å². The molecule has 2 aliphatic rings. The first-order valence-corrected chi connectivity index (χ1v) is 6.52. The van der Waals surface area contributed by atoms with E-state index in [4.69, 9.17) is 0 Å². The second-order valence-electron chi connectivity index (χ2n) is 4.24. The standard InChI is InChI=1S/C14H11O.C5H5.Fe/c15-14(13-8-4-5-9-13)11-10-12-6-2-1-3-7-12;1-2-4-5-3-1;/h1-11H;1-5H;/q;;+2/b11-10+;;. The Hall–Kier alpha value is -0.851. The number of carbonyl (C=O) groups excluding carboxylic acids is 1. The van der Waals surface area contributed by atoms with E-state index in [0.717, 1.165) is 11.5 Å². The topological polar surface area (TPSA) is 17.1 Å². The van der Waals surface area contributed by atoms with Gasteiger partial charge >= 0.3 is 17.1 Å². The van der Waals surface area contributed by atoms with Gasteiger partial charge in [-0.1, -0.05) is 36.4 Å². The number of hydrogen-bond donors (Lipinski definition) is 0. The van der Waals surface area contributed by atoms with E-state index in [1.165, 1.54) is 0 Å². The number of allylic oxidation sites excluding steroid dienone is 1. The van der Waals surface area contributed by atoms with Crippen LogP contribution in [-0.4, -0.2) is 5.78 Å². The molecule has 2 heteroatoms. The third-order valence-corrected chi connectivity index (χ3v) is 2.73. The summed E-state index contributed by atoms with van der Waals surface area (Å²) in [7, 11) is 0. The Morgan fingerprint density at radius 3 is 1.81 bits per heavy atom. The molecular formula is C19H16FeO+2. The zero-order chi connectivity index (χ0) is 14.0. The van der Waals surface area contributed by atoms with E-state index in [0.29, 0.717) is 0 Å². The summed E-state index contributed by atoms with van der Waals surface area (Å²) in [6.07, 6.45) is 20.8. The Kier molecular flexibility index (Phi) is 9.37. The van der Waals surface area contributed by atoms with E-state index in [-0.39, 0.29) is 22.9 Å². The molecule has 2 saturated carbocycles. The SMILES string of the molecule is O=C(/C=C/c1ccccc1)[C]1[CH][CH][CH][CH]1.[CH]1[CH][CH][CH][CH]1.[Fe+2]. The molecule has 1 nitrogen and oxygen atoms in total.